The molecule has 6 nitrogen and oxygen atoms in total. The first-order valence-electron chi connectivity index (χ1n) is 7.67. The molecular formula is C15H28N4O2. The highest BCUT2D eigenvalue weighted by Gasteiger charge is 2.58. The number of likely N-dealkylation sites (N-methyl/N-ethyl adjacent to an activating group) is 1. The number of guanidine groups is 1. The summed E-state index contributed by atoms with van der Waals surface area (Å²) in [4.78, 5) is 17.4. The van der Waals surface area contributed by atoms with Crippen LogP contribution in [0.15, 0.2) is 4.99 Å². The molecule has 1 aliphatic carbocycles. The summed E-state index contributed by atoms with van der Waals surface area (Å²) >= 11 is 0. The molecule has 0 aromatic carbocycles. The number of carbonyl (C=O) groups excluding carboxylic acids is 1. The van der Waals surface area contributed by atoms with Gasteiger partial charge in [0, 0.05) is 45.1 Å². The van der Waals surface area contributed by atoms with Crippen LogP contribution in [0.3, 0.4) is 0 Å². The minimum Gasteiger partial charge on any atom is -0.377 e. The number of rotatable bonds is 3. The van der Waals surface area contributed by atoms with Crippen LogP contribution >= 0.6 is 0 Å². The van der Waals surface area contributed by atoms with E-state index in [0.29, 0.717) is 24.0 Å². The number of amides is 1. The maximum atomic E-state index is 11.6. The van der Waals surface area contributed by atoms with Gasteiger partial charge >= 0.3 is 0 Å². The van der Waals surface area contributed by atoms with E-state index in [2.05, 4.69) is 29.5 Å². The van der Waals surface area contributed by atoms with E-state index in [0.717, 1.165) is 13.0 Å². The third-order valence-electron chi connectivity index (χ3n) is 4.75. The van der Waals surface area contributed by atoms with E-state index >= 15 is 0 Å². The van der Waals surface area contributed by atoms with Gasteiger partial charge in [0.25, 0.3) is 0 Å². The molecule has 3 unspecified atom stereocenters. The Morgan fingerprint density at radius 3 is 2.76 bits per heavy atom. The van der Waals surface area contributed by atoms with Gasteiger partial charge in [-0.3, -0.25) is 9.79 Å². The molecule has 0 aromatic heterocycles. The second-order valence-electron chi connectivity index (χ2n) is 6.75. The normalized spacial score (nSPS) is 30.9. The molecule has 1 amide bonds. The SMILES string of the molecule is CN=C(NCC(=O)N(C)C)NC1C2CCCOC2C1(C)C. The van der Waals surface area contributed by atoms with Crippen molar-refractivity contribution in [2.45, 2.75) is 38.8 Å². The largest absolute Gasteiger partial charge is 0.377 e. The zero-order chi connectivity index (χ0) is 15.6. The summed E-state index contributed by atoms with van der Waals surface area (Å²) in [7, 11) is 5.23. The van der Waals surface area contributed by atoms with Gasteiger partial charge < -0.3 is 20.3 Å². The minimum atomic E-state index is 0.0321. The van der Waals surface area contributed by atoms with Crippen molar-refractivity contribution in [3.05, 3.63) is 0 Å². The van der Waals surface area contributed by atoms with E-state index in [1.165, 1.54) is 6.42 Å². The van der Waals surface area contributed by atoms with E-state index in [1.807, 2.05) is 0 Å². The zero-order valence-electron chi connectivity index (χ0n) is 13.8. The molecule has 0 aromatic rings. The summed E-state index contributed by atoms with van der Waals surface area (Å²) in [5.41, 5.74) is 0.0915. The lowest BCUT2D eigenvalue weighted by Crippen LogP contribution is -2.71. The lowest BCUT2D eigenvalue weighted by atomic mass is 9.55. The van der Waals surface area contributed by atoms with Crippen LogP contribution in [-0.2, 0) is 9.53 Å². The number of hydrogen-bond donors (Lipinski definition) is 2. The summed E-state index contributed by atoms with van der Waals surface area (Å²) in [6.07, 6.45) is 2.66. The van der Waals surface area contributed by atoms with Crippen LogP contribution in [0.5, 0.6) is 0 Å². The van der Waals surface area contributed by atoms with Gasteiger partial charge in [-0.1, -0.05) is 13.8 Å². The van der Waals surface area contributed by atoms with Crippen molar-refractivity contribution < 1.29 is 9.53 Å². The Hall–Kier alpha value is -1.30. The van der Waals surface area contributed by atoms with Gasteiger partial charge in [0.2, 0.25) is 5.91 Å². The van der Waals surface area contributed by atoms with Crippen LogP contribution in [0.1, 0.15) is 26.7 Å². The van der Waals surface area contributed by atoms with Gasteiger partial charge in [0.05, 0.1) is 12.6 Å². The van der Waals surface area contributed by atoms with Gasteiger partial charge in [0.1, 0.15) is 0 Å². The van der Waals surface area contributed by atoms with Crippen LogP contribution in [0.25, 0.3) is 0 Å². The maximum Gasteiger partial charge on any atom is 0.241 e. The molecule has 21 heavy (non-hydrogen) atoms. The molecule has 2 aliphatic rings. The number of nitrogens with one attached hydrogen (secondary N) is 2. The summed E-state index contributed by atoms with van der Waals surface area (Å²) in [5, 5.41) is 6.56. The third kappa shape index (κ3) is 3.15. The Morgan fingerprint density at radius 2 is 2.14 bits per heavy atom. The van der Waals surface area contributed by atoms with Crippen molar-refractivity contribution >= 4 is 11.9 Å². The molecule has 2 fully saturated rings. The third-order valence-corrected chi connectivity index (χ3v) is 4.75. The molecule has 1 saturated carbocycles. The predicted molar refractivity (Wildman–Crippen MR) is 83.2 cm³/mol. The van der Waals surface area contributed by atoms with Gasteiger partial charge in [-0.2, -0.15) is 0 Å². The maximum absolute atomic E-state index is 11.6. The molecule has 1 saturated heterocycles. The Labute approximate surface area is 127 Å². The highest BCUT2D eigenvalue weighted by molar-refractivity contribution is 5.86. The lowest BCUT2D eigenvalue weighted by Gasteiger charge is -2.60. The molecule has 0 bridgehead atoms. The number of carbonyl (C=O) groups is 1. The quantitative estimate of drug-likeness (QED) is 0.586. The van der Waals surface area contributed by atoms with Crippen LogP contribution < -0.4 is 10.6 Å². The topological polar surface area (TPSA) is 66.0 Å². The van der Waals surface area contributed by atoms with E-state index in [9.17, 15) is 4.79 Å². The molecule has 2 rings (SSSR count). The first-order chi connectivity index (χ1) is 9.87. The Kier molecular flexibility index (Phi) is 4.76. The molecule has 120 valence electrons. The summed E-state index contributed by atoms with van der Waals surface area (Å²) < 4.78 is 5.91. The average molecular weight is 296 g/mol. The number of fused-ring (bicyclic) bond motifs is 1. The van der Waals surface area contributed by atoms with Crippen molar-refractivity contribution in [1.29, 1.82) is 0 Å². The molecule has 0 radical (unpaired) electrons. The monoisotopic (exact) mass is 296 g/mol. The van der Waals surface area contributed by atoms with Gasteiger partial charge in [-0.25, -0.2) is 0 Å². The van der Waals surface area contributed by atoms with Crippen LogP contribution in [0, 0.1) is 11.3 Å². The van der Waals surface area contributed by atoms with Gasteiger partial charge in [-0.15, -0.1) is 0 Å². The molecule has 0 spiro atoms. The van der Waals surface area contributed by atoms with Crippen molar-refractivity contribution in [3.8, 4) is 0 Å². The van der Waals surface area contributed by atoms with E-state index in [-0.39, 0.29) is 17.9 Å². The zero-order valence-corrected chi connectivity index (χ0v) is 13.8. The summed E-state index contributed by atoms with van der Waals surface area (Å²) in [6, 6.07) is 0.337. The van der Waals surface area contributed by atoms with E-state index in [4.69, 9.17) is 4.74 Å². The molecule has 1 aliphatic heterocycles. The fourth-order valence-electron chi connectivity index (χ4n) is 3.47. The minimum absolute atomic E-state index is 0.0321. The van der Waals surface area contributed by atoms with Crippen molar-refractivity contribution in [3.63, 3.8) is 0 Å². The van der Waals surface area contributed by atoms with E-state index < -0.39 is 0 Å². The van der Waals surface area contributed by atoms with Gasteiger partial charge in [-0.05, 0) is 12.8 Å². The van der Waals surface area contributed by atoms with Crippen LogP contribution in [-0.4, -0.2) is 63.2 Å². The predicted octanol–water partition coefficient (Wildman–Crippen LogP) is 0.443. The second kappa shape index (κ2) is 6.22. The second-order valence-corrected chi connectivity index (χ2v) is 6.75. The van der Waals surface area contributed by atoms with Crippen LogP contribution in [0.4, 0.5) is 0 Å². The fraction of sp³-hybridized carbons (Fsp3) is 0.867. The van der Waals surface area contributed by atoms with Crippen molar-refractivity contribution in [1.82, 2.24) is 15.5 Å². The van der Waals surface area contributed by atoms with E-state index in [1.54, 1.807) is 26.0 Å². The summed E-state index contributed by atoms with van der Waals surface area (Å²) in [6.45, 7) is 5.59. The molecular weight excluding hydrogens is 268 g/mol. The highest BCUT2D eigenvalue weighted by Crippen LogP contribution is 2.51. The Bertz CT molecular complexity index is 420. The van der Waals surface area contributed by atoms with Crippen molar-refractivity contribution in [2.24, 2.45) is 16.3 Å². The molecule has 3 atom stereocenters. The lowest BCUT2D eigenvalue weighted by molar-refractivity contribution is -0.188. The van der Waals surface area contributed by atoms with Crippen LogP contribution in [0.2, 0.25) is 0 Å². The number of hydrogen-bond acceptors (Lipinski definition) is 3. The van der Waals surface area contributed by atoms with Crippen molar-refractivity contribution in [2.75, 3.05) is 34.3 Å². The molecule has 6 heteroatoms. The highest BCUT2D eigenvalue weighted by atomic mass is 16.5. The fourth-order valence-corrected chi connectivity index (χ4v) is 3.47. The first kappa shape index (κ1) is 16.1. The first-order valence-corrected chi connectivity index (χ1v) is 7.67. The smallest absolute Gasteiger partial charge is 0.241 e. The standard InChI is InChI=1S/C15H28N4O2/c1-15(2)12(10-7-6-8-21-13(10)15)18-14(16-3)17-9-11(20)19(4)5/h10,12-13H,6-9H2,1-5H3,(H2,16,17,18). The Balaban J connectivity index is 1.91. The number of nitrogens with zero attached hydrogens (tertiary/aromatic N) is 2. The van der Waals surface area contributed by atoms with Gasteiger partial charge in [0.15, 0.2) is 5.96 Å². The molecule has 2 N–H and O–H groups in total. The number of ether oxygens (including phenoxy) is 1. The average Bonchev–Trinajstić information content (AvgIpc) is 2.46. The summed E-state index contributed by atoms with van der Waals surface area (Å²) in [5.74, 6) is 1.26. The Morgan fingerprint density at radius 1 is 1.43 bits per heavy atom. The number of aliphatic imine (C=N–C) groups is 1. The molecule has 1 heterocycles.